The van der Waals surface area contributed by atoms with Crippen LogP contribution in [0.4, 0.5) is 5.69 Å². The molecule has 1 fully saturated rings. The minimum atomic E-state index is -0.240. The lowest BCUT2D eigenvalue weighted by molar-refractivity contribution is -0.125. The summed E-state index contributed by atoms with van der Waals surface area (Å²) >= 11 is 0. The molecule has 2 aromatic carbocycles. The maximum atomic E-state index is 12.7. The van der Waals surface area contributed by atoms with Crippen molar-refractivity contribution in [1.82, 2.24) is 15.1 Å². The van der Waals surface area contributed by atoms with Gasteiger partial charge in [0.25, 0.3) is 0 Å². The fourth-order valence-electron chi connectivity index (χ4n) is 3.67. The normalized spacial score (nSPS) is 15.9. The van der Waals surface area contributed by atoms with Crippen LogP contribution in [0.5, 0.6) is 5.75 Å². The highest BCUT2D eigenvalue weighted by atomic mass is 16.5. The highest BCUT2D eigenvalue weighted by molar-refractivity contribution is 5.94. The number of anilines is 1. The first-order valence-corrected chi connectivity index (χ1v) is 11.2. The smallest absolute Gasteiger partial charge is 0.241 e. The van der Waals surface area contributed by atoms with E-state index in [0.29, 0.717) is 13.2 Å². The molecular weight excluding hydrogens is 404 g/mol. The molecular formula is C25H34N4O3. The third-order valence-electron chi connectivity index (χ3n) is 5.52. The summed E-state index contributed by atoms with van der Waals surface area (Å²) in [5, 5.41) is 5.91. The number of carbonyl (C=O) groups is 2. The monoisotopic (exact) mass is 438 g/mol. The first-order valence-electron chi connectivity index (χ1n) is 11.2. The van der Waals surface area contributed by atoms with E-state index in [-0.39, 0.29) is 23.9 Å². The molecule has 0 aliphatic carbocycles. The van der Waals surface area contributed by atoms with Gasteiger partial charge < -0.3 is 15.4 Å². The summed E-state index contributed by atoms with van der Waals surface area (Å²) in [6.07, 6.45) is 0. The number of ether oxygens (including phenoxy) is 1. The van der Waals surface area contributed by atoms with Gasteiger partial charge in [-0.1, -0.05) is 30.3 Å². The number of carbonyl (C=O) groups excluding carboxylic acids is 2. The fourth-order valence-corrected chi connectivity index (χ4v) is 3.67. The Morgan fingerprint density at radius 2 is 1.59 bits per heavy atom. The Morgan fingerprint density at radius 3 is 2.22 bits per heavy atom. The van der Waals surface area contributed by atoms with Crippen molar-refractivity contribution in [2.75, 3.05) is 38.0 Å². The van der Waals surface area contributed by atoms with Gasteiger partial charge >= 0.3 is 0 Å². The number of piperazine rings is 1. The van der Waals surface area contributed by atoms with Crippen LogP contribution in [0.3, 0.4) is 0 Å². The second-order valence-electron chi connectivity index (χ2n) is 8.50. The Labute approximate surface area is 190 Å². The molecule has 2 amide bonds. The third kappa shape index (κ3) is 7.35. The lowest BCUT2D eigenvalue weighted by atomic mass is 10.2. The molecule has 0 radical (unpaired) electrons. The van der Waals surface area contributed by atoms with Crippen molar-refractivity contribution in [3.05, 3.63) is 60.2 Å². The van der Waals surface area contributed by atoms with E-state index in [1.807, 2.05) is 75.4 Å². The van der Waals surface area contributed by atoms with Crippen LogP contribution in [0.25, 0.3) is 0 Å². The molecule has 1 aliphatic rings. The number of nitrogens with zero attached hydrogens (tertiary/aromatic N) is 2. The molecule has 0 spiro atoms. The Hall–Kier alpha value is -2.90. The van der Waals surface area contributed by atoms with Gasteiger partial charge in [0.2, 0.25) is 11.8 Å². The first kappa shape index (κ1) is 23.8. The van der Waals surface area contributed by atoms with E-state index >= 15 is 0 Å². The van der Waals surface area contributed by atoms with E-state index in [1.54, 1.807) is 0 Å². The molecule has 172 valence electrons. The Morgan fingerprint density at radius 1 is 0.938 bits per heavy atom. The summed E-state index contributed by atoms with van der Waals surface area (Å²) in [4.78, 5) is 29.0. The topological polar surface area (TPSA) is 73.9 Å². The van der Waals surface area contributed by atoms with Crippen LogP contribution >= 0.6 is 0 Å². The van der Waals surface area contributed by atoms with Crippen molar-refractivity contribution in [1.29, 1.82) is 0 Å². The Kier molecular flexibility index (Phi) is 8.64. The molecule has 1 heterocycles. The van der Waals surface area contributed by atoms with Gasteiger partial charge in [-0.3, -0.25) is 19.4 Å². The molecule has 2 N–H and O–H groups in total. The van der Waals surface area contributed by atoms with Gasteiger partial charge in [-0.25, -0.2) is 0 Å². The van der Waals surface area contributed by atoms with E-state index in [9.17, 15) is 9.59 Å². The van der Waals surface area contributed by atoms with Crippen LogP contribution in [0.2, 0.25) is 0 Å². The molecule has 1 aliphatic heterocycles. The van der Waals surface area contributed by atoms with Crippen molar-refractivity contribution >= 4 is 17.5 Å². The van der Waals surface area contributed by atoms with Gasteiger partial charge in [-0.05, 0) is 50.6 Å². The molecule has 32 heavy (non-hydrogen) atoms. The zero-order valence-electron chi connectivity index (χ0n) is 19.2. The second-order valence-corrected chi connectivity index (χ2v) is 8.50. The predicted molar refractivity (Wildman–Crippen MR) is 127 cm³/mol. The molecule has 2 aromatic rings. The number of benzene rings is 2. The van der Waals surface area contributed by atoms with Crippen LogP contribution in [-0.4, -0.2) is 66.4 Å². The molecule has 0 aromatic heterocycles. The number of hydrogen-bond donors (Lipinski definition) is 2. The van der Waals surface area contributed by atoms with Crippen LogP contribution in [0.1, 0.15) is 26.3 Å². The van der Waals surface area contributed by atoms with Gasteiger partial charge in [0.05, 0.1) is 12.6 Å². The van der Waals surface area contributed by atoms with E-state index in [0.717, 1.165) is 43.2 Å². The van der Waals surface area contributed by atoms with Gasteiger partial charge in [-0.15, -0.1) is 0 Å². The SMILES string of the molecule is CC(C)NC(=O)CN1CCN(C(C)C(=O)Nc2ccc(OCc3ccccc3)cc2)CC1. The standard InChI is InChI=1S/C25H34N4O3/c1-19(2)26-24(30)17-28-13-15-29(16-14-28)20(3)25(31)27-22-9-11-23(12-10-22)32-18-21-7-5-4-6-8-21/h4-12,19-20H,13-18H2,1-3H3,(H,26,30)(H,27,31). The lowest BCUT2D eigenvalue weighted by Crippen LogP contribution is -2.54. The van der Waals surface area contributed by atoms with Gasteiger partial charge in [0.15, 0.2) is 0 Å². The van der Waals surface area contributed by atoms with Gasteiger partial charge in [0, 0.05) is 37.9 Å². The maximum Gasteiger partial charge on any atom is 0.241 e. The highest BCUT2D eigenvalue weighted by Crippen LogP contribution is 2.18. The first-order chi connectivity index (χ1) is 15.4. The summed E-state index contributed by atoms with van der Waals surface area (Å²) < 4.78 is 5.80. The number of nitrogens with one attached hydrogen (secondary N) is 2. The Bertz CT molecular complexity index is 863. The summed E-state index contributed by atoms with van der Waals surface area (Å²) in [7, 11) is 0. The average molecular weight is 439 g/mol. The zero-order chi connectivity index (χ0) is 22.9. The van der Waals surface area contributed by atoms with Crippen LogP contribution < -0.4 is 15.4 Å². The summed E-state index contributed by atoms with van der Waals surface area (Å²) in [6.45, 7) is 9.83. The lowest BCUT2D eigenvalue weighted by Gasteiger charge is -2.37. The molecule has 0 saturated carbocycles. The van der Waals surface area contributed by atoms with Crippen molar-refractivity contribution in [2.45, 2.75) is 39.5 Å². The molecule has 3 rings (SSSR count). The second kappa shape index (κ2) is 11.6. The molecule has 7 nitrogen and oxygen atoms in total. The minimum absolute atomic E-state index is 0.0334. The number of rotatable bonds is 9. The molecule has 1 atom stereocenters. The Balaban J connectivity index is 1.42. The van der Waals surface area contributed by atoms with Gasteiger partial charge in [-0.2, -0.15) is 0 Å². The fraction of sp³-hybridized carbons (Fsp3) is 0.440. The van der Waals surface area contributed by atoms with Crippen molar-refractivity contribution in [3.63, 3.8) is 0 Å². The highest BCUT2D eigenvalue weighted by Gasteiger charge is 2.26. The minimum Gasteiger partial charge on any atom is -0.489 e. The molecule has 1 unspecified atom stereocenters. The van der Waals surface area contributed by atoms with Crippen LogP contribution in [-0.2, 0) is 16.2 Å². The van der Waals surface area contributed by atoms with E-state index in [1.165, 1.54) is 0 Å². The third-order valence-corrected chi connectivity index (χ3v) is 5.52. The summed E-state index contributed by atoms with van der Waals surface area (Å²) in [6, 6.07) is 17.4. The average Bonchev–Trinajstić information content (AvgIpc) is 2.79. The molecule has 1 saturated heterocycles. The van der Waals surface area contributed by atoms with Crippen molar-refractivity contribution in [2.24, 2.45) is 0 Å². The largest absolute Gasteiger partial charge is 0.489 e. The van der Waals surface area contributed by atoms with Crippen LogP contribution in [0.15, 0.2) is 54.6 Å². The quantitative estimate of drug-likeness (QED) is 0.630. The number of hydrogen-bond acceptors (Lipinski definition) is 5. The van der Waals surface area contributed by atoms with Gasteiger partial charge in [0.1, 0.15) is 12.4 Å². The predicted octanol–water partition coefficient (Wildman–Crippen LogP) is 2.73. The number of amides is 2. The summed E-state index contributed by atoms with van der Waals surface area (Å²) in [5.74, 6) is 0.780. The van der Waals surface area contributed by atoms with E-state index in [2.05, 4.69) is 20.4 Å². The van der Waals surface area contributed by atoms with E-state index < -0.39 is 0 Å². The van der Waals surface area contributed by atoms with Crippen molar-refractivity contribution in [3.8, 4) is 5.75 Å². The van der Waals surface area contributed by atoms with E-state index in [4.69, 9.17) is 4.74 Å². The zero-order valence-corrected chi connectivity index (χ0v) is 19.2. The summed E-state index contributed by atoms with van der Waals surface area (Å²) in [5.41, 5.74) is 1.86. The molecule has 7 heteroatoms. The van der Waals surface area contributed by atoms with Crippen LogP contribution in [0, 0.1) is 0 Å². The van der Waals surface area contributed by atoms with Crippen molar-refractivity contribution < 1.29 is 14.3 Å². The molecule has 0 bridgehead atoms. The maximum absolute atomic E-state index is 12.7.